The molecule has 1 aromatic rings. The van der Waals surface area contributed by atoms with Gasteiger partial charge in [-0.3, -0.25) is 0 Å². The van der Waals surface area contributed by atoms with E-state index in [1.165, 1.54) is 0 Å². The predicted molar refractivity (Wildman–Crippen MR) is 60.9 cm³/mol. The molecular weight excluding hydrogens is 214 g/mol. The molecule has 2 heterocycles. The first-order chi connectivity index (χ1) is 7.31. The topological polar surface area (TPSA) is 37.4 Å². The van der Waals surface area contributed by atoms with Crippen LogP contribution < -0.4 is 15.0 Å². The molecule has 1 N–H and O–H groups in total. The smallest absolute Gasteiger partial charge is 0.238 e. The average Bonchev–Trinajstić information content (AvgIpc) is 2.30. The summed E-state index contributed by atoms with van der Waals surface area (Å²) in [5.74, 6) is 0.601. The molecule has 1 aliphatic rings. The van der Waals surface area contributed by atoms with Crippen LogP contribution in [0.3, 0.4) is 0 Å². The Morgan fingerprint density at radius 2 is 2.13 bits per heavy atom. The summed E-state index contributed by atoms with van der Waals surface area (Å²) in [6.07, 6.45) is 0. The van der Waals surface area contributed by atoms with E-state index >= 15 is 0 Å². The number of nitrogens with zero attached hydrogens (tertiary/aromatic N) is 2. The van der Waals surface area contributed by atoms with Crippen LogP contribution in [0.15, 0.2) is 12.1 Å². The molecule has 1 aromatic heterocycles. The van der Waals surface area contributed by atoms with Gasteiger partial charge in [-0.05, 0) is 12.1 Å². The van der Waals surface area contributed by atoms with Crippen molar-refractivity contribution >= 4 is 17.3 Å². The summed E-state index contributed by atoms with van der Waals surface area (Å²) >= 11 is 5.81. The SMILES string of the molecule is COc1nc(Cl)ccc1N1CCNCC1. The second kappa shape index (κ2) is 4.68. The Morgan fingerprint density at radius 1 is 1.40 bits per heavy atom. The van der Waals surface area contributed by atoms with Gasteiger partial charge in [0.15, 0.2) is 0 Å². The lowest BCUT2D eigenvalue weighted by Gasteiger charge is -2.29. The second-order valence-electron chi connectivity index (χ2n) is 3.40. The normalized spacial score (nSPS) is 16.5. The molecule has 0 saturated carbocycles. The lowest BCUT2D eigenvalue weighted by Crippen LogP contribution is -2.43. The molecule has 5 heteroatoms. The molecule has 82 valence electrons. The third kappa shape index (κ3) is 2.33. The lowest BCUT2D eigenvalue weighted by atomic mass is 10.3. The Morgan fingerprint density at radius 3 is 2.80 bits per heavy atom. The largest absolute Gasteiger partial charge is 0.479 e. The number of methoxy groups -OCH3 is 1. The lowest BCUT2D eigenvalue weighted by molar-refractivity contribution is 0.396. The summed E-state index contributed by atoms with van der Waals surface area (Å²) in [7, 11) is 1.62. The number of piperazine rings is 1. The standard InChI is InChI=1S/C10H14ClN3O/c1-15-10-8(2-3-9(11)13-10)14-6-4-12-5-7-14/h2-3,12H,4-7H2,1H3. The van der Waals surface area contributed by atoms with E-state index in [0.717, 1.165) is 31.9 Å². The number of nitrogens with one attached hydrogen (secondary N) is 1. The molecule has 0 spiro atoms. The Balaban J connectivity index is 2.25. The molecule has 0 amide bonds. The van der Waals surface area contributed by atoms with Gasteiger partial charge >= 0.3 is 0 Å². The van der Waals surface area contributed by atoms with Gasteiger partial charge in [0.2, 0.25) is 5.88 Å². The van der Waals surface area contributed by atoms with Crippen molar-refractivity contribution in [3.05, 3.63) is 17.3 Å². The van der Waals surface area contributed by atoms with Crippen molar-refractivity contribution < 1.29 is 4.74 Å². The zero-order chi connectivity index (χ0) is 10.7. The molecule has 4 nitrogen and oxygen atoms in total. The van der Waals surface area contributed by atoms with Gasteiger partial charge in [0.05, 0.1) is 7.11 Å². The Bertz CT molecular complexity index is 339. The summed E-state index contributed by atoms with van der Waals surface area (Å²) < 4.78 is 5.22. The molecule has 0 aliphatic carbocycles. The third-order valence-electron chi connectivity index (χ3n) is 2.46. The average molecular weight is 228 g/mol. The number of hydrogen-bond acceptors (Lipinski definition) is 4. The molecule has 0 atom stereocenters. The Kier molecular flexibility index (Phi) is 3.28. The van der Waals surface area contributed by atoms with Crippen molar-refractivity contribution in [3.63, 3.8) is 0 Å². The first-order valence-electron chi connectivity index (χ1n) is 4.97. The molecule has 0 aromatic carbocycles. The number of anilines is 1. The van der Waals surface area contributed by atoms with Crippen molar-refractivity contribution in [2.45, 2.75) is 0 Å². The van der Waals surface area contributed by atoms with Gasteiger partial charge in [-0.15, -0.1) is 0 Å². The first kappa shape index (κ1) is 10.5. The fourth-order valence-electron chi connectivity index (χ4n) is 1.71. The van der Waals surface area contributed by atoms with E-state index < -0.39 is 0 Å². The van der Waals surface area contributed by atoms with E-state index in [0.29, 0.717) is 11.0 Å². The van der Waals surface area contributed by atoms with Crippen LogP contribution in [0.5, 0.6) is 5.88 Å². The minimum atomic E-state index is 0.464. The summed E-state index contributed by atoms with van der Waals surface area (Å²) in [5.41, 5.74) is 1.02. The van der Waals surface area contributed by atoms with E-state index in [-0.39, 0.29) is 0 Å². The highest BCUT2D eigenvalue weighted by Crippen LogP contribution is 2.27. The zero-order valence-corrected chi connectivity index (χ0v) is 9.42. The first-order valence-corrected chi connectivity index (χ1v) is 5.35. The molecule has 1 saturated heterocycles. The van der Waals surface area contributed by atoms with Crippen molar-refractivity contribution in [3.8, 4) is 5.88 Å². The van der Waals surface area contributed by atoms with E-state index in [1.807, 2.05) is 6.07 Å². The van der Waals surface area contributed by atoms with E-state index in [9.17, 15) is 0 Å². The van der Waals surface area contributed by atoms with Crippen LogP contribution in [0.2, 0.25) is 5.15 Å². The number of ether oxygens (including phenoxy) is 1. The number of rotatable bonds is 2. The summed E-state index contributed by atoms with van der Waals surface area (Å²) in [6, 6.07) is 3.75. The Labute approximate surface area is 94.2 Å². The van der Waals surface area contributed by atoms with Gasteiger partial charge in [0.1, 0.15) is 10.8 Å². The summed E-state index contributed by atoms with van der Waals surface area (Å²) in [6.45, 7) is 3.93. The van der Waals surface area contributed by atoms with Crippen LogP contribution in [0.1, 0.15) is 0 Å². The fraction of sp³-hybridized carbons (Fsp3) is 0.500. The fourth-order valence-corrected chi connectivity index (χ4v) is 1.85. The number of pyridine rings is 1. The van der Waals surface area contributed by atoms with Crippen LogP contribution in [0, 0.1) is 0 Å². The number of halogens is 1. The third-order valence-corrected chi connectivity index (χ3v) is 2.67. The minimum absolute atomic E-state index is 0.464. The second-order valence-corrected chi connectivity index (χ2v) is 3.79. The van der Waals surface area contributed by atoms with Crippen molar-refractivity contribution in [2.75, 3.05) is 38.2 Å². The van der Waals surface area contributed by atoms with Gasteiger partial charge in [0, 0.05) is 26.2 Å². The van der Waals surface area contributed by atoms with E-state index in [1.54, 1.807) is 13.2 Å². The number of hydrogen-bond donors (Lipinski definition) is 1. The Hall–Kier alpha value is -1.00. The van der Waals surface area contributed by atoms with Crippen LogP contribution in [0.4, 0.5) is 5.69 Å². The van der Waals surface area contributed by atoms with Crippen LogP contribution in [0.25, 0.3) is 0 Å². The van der Waals surface area contributed by atoms with Crippen molar-refractivity contribution in [2.24, 2.45) is 0 Å². The van der Waals surface area contributed by atoms with Crippen molar-refractivity contribution in [1.82, 2.24) is 10.3 Å². The molecule has 1 fully saturated rings. The molecular formula is C10H14ClN3O. The van der Waals surface area contributed by atoms with E-state index in [4.69, 9.17) is 16.3 Å². The molecule has 1 aliphatic heterocycles. The maximum atomic E-state index is 5.81. The van der Waals surface area contributed by atoms with Gasteiger partial charge < -0.3 is 15.0 Å². The van der Waals surface area contributed by atoms with Crippen LogP contribution in [-0.4, -0.2) is 38.3 Å². The quantitative estimate of drug-likeness (QED) is 0.770. The highest BCUT2D eigenvalue weighted by molar-refractivity contribution is 6.29. The van der Waals surface area contributed by atoms with Gasteiger partial charge in [-0.1, -0.05) is 11.6 Å². The summed E-state index contributed by atoms with van der Waals surface area (Å²) in [5, 5.41) is 3.77. The monoisotopic (exact) mass is 227 g/mol. The van der Waals surface area contributed by atoms with Crippen LogP contribution in [-0.2, 0) is 0 Å². The van der Waals surface area contributed by atoms with Crippen molar-refractivity contribution in [1.29, 1.82) is 0 Å². The molecule has 0 bridgehead atoms. The van der Waals surface area contributed by atoms with E-state index in [2.05, 4.69) is 15.2 Å². The molecule has 0 radical (unpaired) electrons. The summed E-state index contributed by atoms with van der Waals surface area (Å²) in [4.78, 5) is 6.40. The van der Waals surface area contributed by atoms with Gasteiger partial charge in [-0.25, -0.2) is 0 Å². The highest BCUT2D eigenvalue weighted by atomic mass is 35.5. The maximum Gasteiger partial charge on any atom is 0.238 e. The molecule has 15 heavy (non-hydrogen) atoms. The molecule has 0 unspecified atom stereocenters. The minimum Gasteiger partial charge on any atom is -0.479 e. The van der Waals surface area contributed by atoms with Gasteiger partial charge in [-0.2, -0.15) is 4.98 Å². The molecule has 2 rings (SSSR count). The maximum absolute atomic E-state index is 5.81. The predicted octanol–water partition coefficient (Wildman–Crippen LogP) is 1.15. The highest BCUT2D eigenvalue weighted by Gasteiger charge is 2.15. The van der Waals surface area contributed by atoms with Gasteiger partial charge in [0.25, 0.3) is 0 Å². The number of aromatic nitrogens is 1. The van der Waals surface area contributed by atoms with Crippen LogP contribution >= 0.6 is 11.6 Å². The zero-order valence-electron chi connectivity index (χ0n) is 8.66.